The summed E-state index contributed by atoms with van der Waals surface area (Å²) in [4.78, 5) is 18.4. The Morgan fingerprint density at radius 1 is 1.42 bits per heavy atom. The molecule has 1 amide bonds. The maximum atomic E-state index is 13.5. The third kappa shape index (κ3) is 3.54. The number of rotatable bonds is 4. The van der Waals surface area contributed by atoms with E-state index < -0.39 is 6.10 Å². The van der Waals surface area contributed by atoms with Gasteiger partial charge in [-0.15, -0.1) is 0 Å². The Morgan fingerprint density at radius 2 is 2.25 bits per heavy atom. The number of pyridine rings is 1. The Balaban J connectivity index is 1.76. The van der Waals surface area contributed by atoms with Crippen LogP contribution in [0.3, 0.4) is 0 Å². The first-order valence-electron chi connectivity index (χ1n) is 7.78. The van der Waals surface area contributed by atoms with Crippen LogP contribution in [0.15, 0.2) is 42.6 Å². The Bertz CT molecular complexity index is 720. The lowest BCUT2D eigenvalue weighted by molar-refractivity contribution is -0.131. The van der Waals surface area contributed by atoms with E-state index in [2.05, 4.69) is 4.98 Å². The number of aliphatic hydroxyl groups is 1. The van der Waals surface area contributed by atoms with Crippen molar-refractivity contribution in [2.24, 2.45) is 0 Å². The van der Waals surface area contributed by atoms with Gasteiger partial charge < -0.3 is 14.7 Å². The van der Waals surface area contributed by atoms with Crippen molar-refractivity contribution in [3.05, 3.63) is 59.7 Å². The maximum absolute atomic E-state index is 13.5. The summed E-state index contributed by atoms with van der Waals surface area (Å²) in [6.07, 6.45) is 1.49. The second-order valence-electron chi connectivity index (χ2n) is 5.87. The predicted octanol–water partition coefficient (Wildman–Crippen LogP) is 2.11. The number of hydrogen-bond donors (Lipinski definition) is 1. The Labute approximate surface area is 139 Å². The summed E-state index contributed by atoms with van der Waals surface area (Å²) in [6, 6.07) is 9.33. The molecule has 2 aromatic rings. The molecule has 0 aliphatic carbocycles. The standard InChI is InChI=1S/C18H19FN2O3/c1-24-16-6-5-14(20-10-16)8-18(23)21-11-15(22)9-17(21)12-3-2-4-13(19)7-12/h2-7,10,15,17,22H,8-9,11H2,1H3/t15-,17+/m0/s1. The molecule has 1 aromatic carbocycles. The van der Waals surface area contributed by atoms with Gasteiger partial charge in [0.05, 0.1) is 31.9 Å². The van der Waals surface area contributed by atoms with Crippen LogP contribution in [0, 0.1) is 5.82 Å². The highest BCUT2D eigenvalue weighted by atomic mass is 19.1. The van der Waals surface area contributed by atoms with Gasteiger partial charge >= 0.3 is 0 Å². The Kier molecular flexibility index (Phi) is 4.76. The predicted molar refractivity (Wildman–Crippen MR) is 86.0 cm³/mol. The molecule has 1 fully saturated rings. The molecule has 1 N–H and O–H groups in total. The summed E-state index contributed by atoms with van der Waals surface area (Å²) < 4.78 is 18.5. The minimum absolute atomic E-state index is 0.128. The van der Waals surface area contributed by atoms with Crippen molar-refractivity contribution in [2.45, 2.75) is 25.0 Å². The first kappa shape index (κ1) is 16.4. The second-order valence-corrected chi connectivity index (χ2v) is 5.87. The minimum atomic E-state index is -0.606. The fraction of sp³-hybridized carbons (Fsp3) is 0.333. The number of β-amino-alcohol motifs (C(OH)–C–C–N with tert-alkyl or cyclic N) is 1. The zero-order valence-electron chi connectivity index (χ0n) is 13.4. The quantitative estimate of drug-likeness (QED) is 0.933. The molecule has 1 aliphatic heterocycles. The first-order chi connectivity index (χ1) is 11.6. The molecule has 1 aliphatic rings. The van der Waals surface area contributed by atoms with Gasteiger partial charge in [-0.25, -0.2) is 4.39 Å². The molecule has 24 heavy (non-hydrogen) atoms. The van der Waals surface area contributed by atoms with E-state index in [-0.39, 0.29) is 30.7 Å². The van der Waals surface area contributed by atoms with Crippen LogP contribution in [-0.4, -0.2) is 40.7 Å². The van der Waals surface area contributed by atoms with Crippen LogP contribution in [0.4, 0.5) is 4.39 Å². The van der Waals surface area contributed by atoms with Crippen molar-refractivity contribution >= 4 is 5.91 Å². The molecule has 1 aromatic heterocycles. The maximum Gasteiger partial charge on any atom is 0.229 e. The summed E-state index contributed by atoms with van der Waals surface area (Å²) in [7, 11) is 1.55. The van der Waals surface area contributed by atoms with Crippen LogP contribution in [0.25, 0.3) is 0 Å². The smallest absolute Gasteiger partial charge is 0.229 e. The number of nitrogens with zero attached hydrogens (tertiary/aromatic N) is 2. The van der Waals surface area contributed by atoms with E-state index >= 15 is 0 Å². The highest BCUT2D eigenvalue weighted by molar-refractivity contribution is 5.79. The SMILES string of the molecule is COc1ccc(CC(=O)N2C[C@@H](O)C[C@@H]2c2cccc(F)c2)nc1. The van der Waals surface area contributed by atoms with Gasteiger partial charge in [0, 0.05) is 12.2 Å². The van der Waals surface area contributed by atoms with E-state index in [0.717, 1.165) is 0 Å². The van der Waals surface area contributed by atoms with Crippen LogP contribution in [0.1, 0.15) is 23.7 Å². The molecule has 0 bridgehead atoms. The van der Waals surface area contributed by atoms with Crippen molar-refractivity contribution in [3.8, 4) is 5.75 Å². The van der Waals surface area contributed by atoms with E-state index in [0.29, 0.717) is 23.4 Å². The molecule has 126 valence electrons. The molecular weight excluding hydrogens is 311 g/mol. The van der Waals surface area contributed by atoms with Gasteiger partial charge in [-0.1, -0.05) is 12.1 Å². The van der Waals surface area contributed by atoms with E-state index in [1.54, 1.807) is 42.5 Å². The van der Waals surface area contributed by atoms with Crippen LogP contribution in [0.2, 0.25) is 0 Å². The largest absolute Gasteiger partial charge is 0.495 e. The number of hydrogen-bond acceptors (Lipinski definition) is 4. The number of likely N-dealkylation sites (tertiary alicyclic amines) is 1. The third-order valence-electron chi connectivity index (χ3n) is 4.20. The minimum Gasteiger partial charge on any atom is -0.495 e. The summed E-state index contributed by atoms with van der Waals surface area (Å²) in [6.45, 7) is 0.246. The van der Waals surface area contributed by atoms with E-state index in [9.17, 15) is 14.3 Å². The number of carbonyl (C=O) groups is 1. The van der Waals surface area contributed by atoms with Gasteiger partial charge in [0.1, 0.15) is 11.6 Å². The van der Waals surface area contributed by atoms with Crippen molar-refractivity contribution in [1.29, 1.82) is 0 Å². The number of methoxy groups -OCH3 is 1. The zero-order chi connectivity index (χ0) is 17.1. The molecule has 0 saturated carbocycles. The molecule has 0 unspecified atom stereocenters. The highest BCUT2D eigenvalue weighted by Crippen LogP contribution is 2.33. The molecule has 3 rings (SSSR count). The number of halogens is 1. The number of benzene rings is 1. The molecule has 1 saturated heterocycles. The van der Waals surface area contributed by atoms with Crippen molar-refractivity contribution < 1.29 is 19.0 Å². The number of aliphatic hydroxyl groups excluding tert-OH is 1. The fourth-order valence-corrected chi connectivity index (χ4v) is 3.01. The van der Waals surface area contributed by atoms with Crippen molar-refractivity contribution in [3.63, 3.8) is 0 Å². The molecule has 6 heteroatoms. The third-order valence-corrected chi connectivity index (χ3v) is 4.20. The number of amides is 1. The summed E-state index contributed by atoms with van der Waals surface area (Å²) in [5.74, 6) is 0.136. The summed E-state index contributed by atoms with van der Waals surface area (Å²) >= 11 is 0. The highest BCUT2D eigenvalue weighted by Gasteiger charge is 2.35. The molecular formula is C18H19FN2O3. The topological polar surface area (TPSA) is 62.7 Å². The van der Waals surface area contributed by atoms with Gasteiger partial charge in [-0.05, 0) is 36.2 Å². The Morgan fingerprint density at radius 3 is 2.92 bits per heavy atom. The van der Waals surface area contributed by atoms with Crippen LogP contribution < -0.4 is 4.74 Å². The average Bonchev–Trinajstić information content (AvgIpc) is 2.98. The van der Waals surface area contributed by atoms with Gasteiger partial charge in [0.15, 0.2) is 0 Å². The fourth-order valence-electron chi connectivity index (χ4n) is 3.01. The summed E-state index contributed by atoms with van der Waals surface area (Å²) in [5, 5.41) is 9.96. The van der Waals surface area contributed by atoms with E-state index in [4.69, 9.17) is 4.74 Å². The number of carbonyl (C=O) groups excluding carboxylic acids is 1. The van der Waals surface area contributed by atoms with Crippen LogP contribution >= 0.6 is 0 Å². The van der Waals surface area contributed by atoms with Gasteiger partial charge in [-0.2, -0.15) is 0 Å². The monoisotopic (exact) mass is 330 g/mol. The van der Waals surface area contributed by atoms with Gasteiger partial charge in [0.25, 0.3) is 0 Å². The lowest BCUT2D eigenvalue weighted by Crippen LogP contribution is -2.33. The van der Waals surface area contributed by atoms with E-state index in [1.807, 2.05) is 0 Å². The van der Waals surface area contributed by atoms with Gasteiger partial charge in [0.2, 0.25) is 5.91 Å². The molecule has 2 atom stereocenters. The zero-order valence-corrected chi connectivity index (χ0v) is 13.4. The van der Waals surface area contributed by atoms with Crippen LogP contribution in [0.5, 0.6) is 5.75 Å². The normalized spacial score (nSPS) is 20.2. The van der Waals surface area contributed by atoms with Gasteiger partial charge in [-0.3, -0.25) is 9.78 Å². The lowest BCUT2D eigenvalue weighted by atomic mass is 10.0. The van der Waals surface area contributed by atoms with E-state index in [1.165, 1.54) is 12.1 Å². The molecule has 0 spiro atoms. The Hall–Kier alpha value is -2.47. The number of aromatic nitrogens is 1. The second kappa shape index (κ2) is 6.97. The lowest BCUT2D eigenvalue weighted by Gasteiger charge is -2.24. The summed E-state index contributed by atoms with van der Waals surface area (Å²) in [5.41, 5.74) is 1.32. The number of ether oxygens (including phenoxy) is 1. The first-order valence-corrected chi connectivity index (χ1v) is 7.78. The average molecular weight is 330 g/mol. The van der Waals surface area contributed by atoms with Crippen molar-refractivity contribution in [2.75, 3.05) is 13.7 Å². The van der Waals surface area contributed by atoms with Crippen molar-refractivity contribution in [1.82, 2.24) is 9.88 Å². The molecule has 5 nitrogen and oxygen atoms in total. The molecule has 0 radical (unpaired) electrons. The van der Waals surface area contributed by atoms with Crippen LogP contribution in [-0.2, 0) is 11.2 Å². The molecule has 2 heterocycles.